The van der Waals surface area contributed by atoms with Gasteiger partial charge in [0.15, 0.2) is 9.84 Å². The summed E-state index contributed by atoms with van der Waals surface area (Å²) < 4.78 is 57.3. The second kappa shape index (κ2) is 11.1. The lowest BCUT2D eigenvalue weighted by Gasteiger charge is -2.27. The third-order valence-electron chi connectivity index (χ3n) is 5.68. The summed E-state index contributed by atoms with van der Waals surface area (Å²) in [6, 6.07) is 18.8. The number of nitrogens with zero attached hydrogens (tertiary/aromatic N) is 1. The average Bonchev–Trinajstić information content (AvgIpc) is 2.86. The summed E-state index contributed by atoms with van der Waals surface area (Å²) in [6.07, 6.45) is 1.64. The fourth-order valence-electron chi connectivity index (χ4n) is 3.75. The second-order valence-electron chi connectivity index (χ2n) is 8.37. The fraction of sp³-hybridized carbons (Fsp3) is 0.269. The average molecular weight is 531 g/mol. The number of benzene rings is 3. The summed E-state index contributed by atoms with van der Waals surface area (Å²) >= 11 is 0. The minimum absolute atomic E-state index is 0.0461. The van der Waals surface area contributed by atoms with E-state index in [4.69, 9.17) is 4.74 Å². The Morgan fingerprint density at radius 3 is 2.14 bits per heavy atom. The van der Waals surface area contributed by atoms with Crippen LogP contribution in [-0.4, -0.2) is 42.7 Å². The monoisotopic (exact) mass is 530 g/mol. The van der Waals surface area contributed by atoms with Gasteiger partial charge in [-0.25, -0.2) is 16.8 Å². The zero-order valence-corrected chi connectivity index (χ0v) is 22.3. The van der Waals surface area contributed by atoms with Crippen LogP contribution in [0.25, 0.3) is 0 Å². The molecule has 8 nitrogen and oxygen atoms in total. The topological polar surface area (TPSA) is 110 Å². The number of hydrogen-bond acceptors (Lipinski definition) is 6. The van der Waals surface area contributed by atoms with Gasteiger partial charge in [-0.1, -0.05) is 43.3 Å². The SMILES string of the molecule is CCC(NC(=O)CN(c1cc(C)ccc1OC)S(=O)(=O)c1ccccc1)c1ccc(S(C)(=O)=O)cc1. The van der Waals surface area contributed by atoms with Crippen LogP contribution in [0.5, 0.6) is 5.75 Å². The number of amides is 1. The number of sulfone groups is 1. The summed E-state index contributed by atoms with van der Waals surface area (Å²) in [5.74, 6) is -0.201. The lowest BCUT2D eigenvalue weighted by molar-refractivity contribution is -0.120. The maximum atomic E-state index is 13.6. The van der Waals surface area contributed by atoms with Crippen molar-refractivity contribution in [2.75, 3.05) is 24.2 Å². The number of sulfonamides is 1. The van der Waals surface area contributed by atoms with Crippen molar-refractivity contribution in [2.45, 2.75) is 36.1 Å². The van der Waals surface area contributed by atoms with Crippen molar-refractivity contribution >= 4 is 31.5 Å². The molecule has 3 rings (SSSR count). The van der Waals surface area contributed by atoms with Crippen LogP contribution < -0.4 is 14.4 Å². The number of hydrogen-bond donors (Lipinski definition) is 1. The van der Waals surface area contributed by atoms with Gasteiger partial charge in [-0.15, -0.1) is 0 Å². The number of carbonyl (C=O) groups excluding carboxylic acids is 1. The minimum atomic E-state index is -4.10. The van der Waals surface area contributed by atoms with E-state index in [2.05, 4.69) is 5.32 Å². The van der Waals surface area contributed by atoms with E-state index in [1.807, 2.05) is 13.8 Å². The van der Waals surface area contributed by atoms with Crippen molar-refractivity contribution in [3.63, 3.8) is 0 Å². The first-order valence-electron chi connectivity index (χ1n) is 11.3. The van der Waals surface area contributed by atoms with Gasteiger partial charge in [0, 0.05) is 6.26 Å². The van der Waals surface area contributed by atoms with E-state index in [1.165, 1.54) is 31.4 Å². The van der Waals surface area contributed by atoms with Crippen molar-refractivity contribution in [3.05, 3.63) is 83.9 Å². The van der Waals surface area contributed by atoms with Gasteiger partial charge in [-0.3, -0.25) is 9.10 Å². The molecule has 0 fully saturated rings. The largest absolute Gasteiger partial charge is 0.495 e. The number of carbonyl (C=O) groups is 1. The molecule has 0 radical (unpaired) electrons. The van der Waals surface area contributed by atoms with E-state index in [9.17, 15) is 21.6 Å². The summed E-state index contributed by atoms with van der Waals surface area (Å²) in [6.45, 7) is 3.22. The quantitative estimate of drug-likeness (QED) is 0.426. The first kappa shape index (κ1) is 27.2. The molecule has 192 valence electrons. The van der Waals surface area contributed by atoms with Crippen molar-refractivity contribution < 1.29 is 26.4 Å². The molecule has 1 amide bonds. The van der Waals surface area contributed by atoms with E-state index in [1.54, 1.807) is 48.5 Å². The van der Waals surface area contributed by atoms with Gasteiger partial charge in [0.25, 0.3) is 10.0 Å². The van der Waals surface area contributed by atoms with Crippen LogP contribution in [0, 0.1) is 6.92 Å². The van der Waals surface area contributed by atoms with Crippen molar-refractivity contribution in [2.24, 2.45) is 0 Å². The molecule has 0 aliphatic rings. The molecule has 0 bridgehead atoms. The van der Waals surface area contributed by atoms with Gasteiger partial charge in [-0.05, 0) is 60.9 Å². The number of methoxy groups -OCH3 is 1. The highest BCUT2D eigenvalue weighted by atomic mass is 32.2. The molecule has 0 saturated heterocycles. The molecule has 0 aliphatic carbocycles. The molecule has 0 spiro atoms. The van der Waals surface area contributed by atoms with Crippen LogP contribution in [0.15, 0.2) is 82.6 Å². The molecule has 1 atom stereocenters. The summed E-state index contributed by atoms with van der Waals surface area (Å²) in [5, 5.41) is 2.88. The standard InChI is InChI=1S/C26H30N2O6S2/c1-5-23(20-12-14-21(15-13-20)35(4,30)31)27-26(29)18-28(24-17-19(2)11-16-25(24)34-3)36(32,33)22-9-7-6-8-10-22/h6-17,23H,5,18H2,1-4H3,(H,27,29). The molecular weight excluding hydrogens is 500 g/mol. The van der Waals surface area contributed by atoms with Crippen LogP contribution in [-0.2, 0) is 24.7 Å². The predicted octanol–water partition coefficient (Wildman–Crippen LogP) is 3.87. The minimum Gasteiger partial charge on any atom is -0.495 e. The molecule has 0 aromatic heterocycles. The third-order valence-corrected chi connectivity index (χ3v) is 8.58. The van der Waals surface area contributed by atoms with Crippen LogP contribution in [0.1, 0.15) is 30.5 Å². The van der Waals surface area contributed by atoms with Gasteiger partial charge in [0.2, 0.25) is 5.91 Å². The van der Waals surface area contributed by atoms with Gasteiger partial charge >= 0.3 is 0 Å². The number of nitrogens with one attached hydrogen (secondary N) is 1. The van der Waals surface area contributed by atoms with Crippen molar-refractivity contribution in [1.82, 2.24) is 5.32 Å². The zero-order valence-electron chi connectivity index (χ0n) is 20.6. The van der Waals surface area contributed by atoms with Crippen LogP contribution in [0.4, 0.5) is 5.69 Å². The Bertz CT molecular complexity index is 1420. The predicted molar refractivity (Wildman–Crippen MR) is 139 cm³/mol. The highest BCUT2D eigenvalue weighted by Gasteiger charge is 2.30. The van der Waals surface area contributed by atoms with Crippen molar-refractivity contribution in [1.29, 1.82) is 0 Å². The van der Waals surface area contributed by atoms with E-state index in [-0.39, 0.29) is 15.5 Å². The van der Waals surface area contributed by atoms with Crippen LogP contribution >= 0.6 is 0 Å². The Labute approximate surface area is 212 Å². The first-order valence-corrected chi connectivity index (χ1v) is 14.6. The molecule has 36 heavy (non-hydrogen) atoms. The highest BCUT2D eigenvalue weighted by molar-refractivity contribution is 7.93. The lowest BCUT2D eigenvalue weighted by Crippen LogP contribution is -2.42. The molecule has 3 aromatic carbocycles. The highest BCUT2D eigenvalue weighted by Crippen LogP contribution is 2.33. The summed E-state index contributed by atoms with van der Waals surface area (Å²) in [7, 11) is -6.01. The van der Waals surface area contributed by atoms with E-state index in [0.717, 1.165) is 16.1 Å². The molecular formula is C26H30N2O6S2. The van der Waals surface area contributed by atoms with E-state index < -0.39 is 38.4 Å². The third kappa shape index (κ3) is 6.24. The van der Waals surface area contributed by atoms with E-state index >= 15 is 0 Å². The smallest absolute Gasteiger partial charge is 0.264 e. The Morgan fingerprint density at radius 1 is 0.944 bits per heavy atom. The number of anilines is 1. The molecule has 3 aromatic rings. The number of rotatable bonds is 10. The molecule has 1 N–H and O–H groups in total. The van der Waals surface area contributed by atoms with Gasteiger partial charge in [0.1, 0.15) is 12.3 Å². The molecule has 0 saturated carbocycles. The number of ether oxygens (including phenoxy) is 1. The maximum Gasteiger partial charge on any atom is 0.264 e. The van der Waals surface area contributed by atoms with Gasteiger partial charge in [0.05, 0.1) is 28.6 Å². The normalized spacial score (nSPS) is 12.6. The van der Waals surface area contributed by atoms with E-state index in [0.29, 0.717) is 17.7 Å². The van der Waals surface area contributed by atoms with Crippen LogP contribution in [0.2, 0.25) is 0 Å². The molecule has 0 aliphatic heterocycles. The molecule has 10 heteroatoms. The summed E-state index contributed by atoms with van der Waals surface area (Å²) in [4.78, 5) is 13.4. The molecule has 0 heterocycles. The van der Waals surface area contributed by atoms with Crippen molar-refractivity contribution in [3.8, 4) is 5.75 Å². The Balaban J connectivity index is 1.95. The summed E-state index contributed by atoms with van der Waals surface area (Å²) in [5.41, 5.74) is 1.77. The van der Waals surface area contributed by atoms with Crippen LogP contribution in [0.3, 0.4) is 0 Å². The Kier molecular flexibility index (Phi) is 8.42. The molecule has 1 unspecified atom stereocenters. The van der Waals surface area contributed by atoms with Gasteiger partial charge < -0.3 is 10.1 Å². The zero-order chi connectivity index (χ0) is 26.5. The Hall–Kier alpha value is -3.37. The first-order chi connectivity index (χ1) is 17.0. The van der Waals surface area contributed by atoms with Gasteiger partial charge in [-0.2, -0.15) is 0 Å². The number of aryl methyl sites for hydroxylation is 1. The second-order valence-corrected chi connectivity index (χ2v) is 12.2. The Morgan fingerprint density at radius 2 is 1.58 bits per heavy atom. The maximum absolute atomic E-state index is 13.6. The fourth-order valence-corrected chi connectivity index (χ4v) is 5.83. The lowest BCUT2D eigenvalue weighted by atomic mass is 10.0.